The van der Waals surface area contributed by atoms with Crippen molar-refractivity contribution < 1.29 is 14.7 Å². The van der Waals surface area contributed by atoms with Crippen molar-refractivity contribution in [3.63, 3.8) is 0 Å². The van der Waals surface area contributed by atoms with Gasteiger partial charge in [0, 0.05) is 6.42 Å². The molecule has 0 rings (SSSR count). The number of rotatable bonds is 7. The van der Waals surface area contributed by atoms with Gasteiger partial charge in [0.2, 0.25) is 11.8 Å². The van der Waals surface area contributed by atoms with Crippen molar-refractivity contribution in [2.24, 2.45) is 11.5 Å². The molecule has 1 atom stereocenters. The molecule has 1 unspecified atom stereocenters. The topological polar surface area (TPSA) is 118 Å². The summed E-state index contributed by atoms with van der Waals surface area (Å²) < 4.78 is 0. The molecule has 6 N–H and O–H groups in total. The zero-order chi connectivity index (χ0) is 10.3. The Labute approximate surface area is 76.3 Å². The fourth-order valence-electron chi connectivity index (χ4n) is 0.790. The zero-order valence-corrected chi connectivity index (χ0v) is 7.32. The fourth-order valence-corrected chi connectivity index (χ4v) is 0.790. The molecule has 0 aliphatic carbocycles. The first-order valence-corrected chi connectivity index (χ1v) is 4.00. The number of nitrogens with one attached hydrogen (secondary N) is 1. The molecule has 0 heterocycles. The number of amides is 2. The van der Waals surface area contributed by atoms with Gasteiger partial charge in [0.1, 0.15) is 6.23 Å². The van der Waals surface area contributed by atoms with E-state index in [1.165, 1.54) is 0 Å². The highest BCUT2D eigenvalue weighted by molar-refractivity contribution is 5.75. The molecule has 76 valence electrons. The Kier molecular flexibility index (Phi) is 5.82. The van der Waals surface area contributed by atoms with E-state index in [9.17, 15) is 9.59 Å². The molecule has 13 heavy (non-hydrogen) atoms. The summed E-state index contributed by atoms with van der Waals surface area (Å²) >= 11 is 0. The number of aliphatic hydroxyl groups is 1. The van der Waals surface area contributed by atoms with Gasteiger partial charge >= 0.3 is 0 Å². The third kappa shape index (κ3) is 8.77. The lowest BCUT2D eigenvalue weighted by Crippen LogP contribution is -2.36. The molecule has 0 aromatic carbocycles. The van der Waals surface area contributed by atoms with Gasteiger partial charge in [0.15, 0.2) is 0 Å². The van der Waals surface area contributed by atoms with Crippen LogP contribution in [0.4, 0.5) is 0 Å². The molecule has 0 saturated heterocycles. The van der Waals surface area contributed by atoms with Gasteiger partial charge in [-0.05, 0) is 12.8 Å². The standard InChI is InChI=1S/C7H15N3O3/c8-5(11)2-1-3-7(13)10-4-6(9)12/h7,10,13H,1-4H2,(H2,8,11)(H2,9,12). The minimum Gasteiger partial charge on any atom is -0.379 e. The average molecular weight is 189 g/mol. The van der Waals surface area contributed by atoms with E-state index in [-0.39, 0.29) is 13.0 Å². The van der Waals surface area contributed by atoms with Crippen LogP contribution < -0.4 is 16.8 Å². The second-order valence-corrected chi connectivity index (χ2v) is 2.72. The molecule has 0 aromatic rings. The van der Waals surface area contributed by atoms with Crippen molar-refractivity contribution in [2.45, 2.75) is 25.5 Å². The molecule has 0 fully saturated rings. The van der Waals surface area contributed by atoms with E-state index >= 15 is 0 Å². The molecule has 2 amide bonds. The van der Waals surface area contributed by atoms with Gasteiger partial charge < -0.3 is 16.6 Å². The summed E-state index contributed by atoms with van der Waals surface area (Å²) in [4.78, 5) is 20.6. The monoisotopic (exact) mass is 189 g/mol. The third-order valence-corrected chi connectivity index (χ3v) is 1.41. The van der Waals surface area contributed by atoms with E-state index in [0.29, 0.717) is 12.8 Å². The molecular formula is C7H15N3O3. The van der Waals surface area contributed by atoms with Crippen molar-refractivity contribution >= 4 is 11.8 Å². The van der Waals surface area contributed by atoms with Crippen LogP contribution in [0.3, 0.4) is 0 Å². The maximum absolute atomic E-state index is 10.3. The summed E-state index contributed by atoms with van der Waals surface area (Å²) in [5.74, 6) is -0.934. The second kappa shape index (κ2) is 6.38. The van der Waals surface area contributed by atoms with Crippen LogP contribution in [0.5, 0.6) is 0 Å². The molecule has 0 aromatic heterocycles. The van der Waals surface area contributed by atoms with Gasteiger partial charge in [-0.3, -0.25) is 14.9 Å². The van der Waals surface area contributed by atoms with Gasteiger partial charge in [-0.2, -0.15) is 0 Å². The Morgan fingerprint density at radius 2 is 1.92 bits per heavy atom. The largest absolute Gasteiger partial charge is 0.379 e. The van der Waals surface area contributed by atoms with Crippen molar-refractivity contribution in [2.75, 3.05) is 6.54 Å². The van der Waals surface area contributed by atoms with E-state index in [0.717, 1.165) is 0 Å². The highest BCUT2D eigenvalue weighted by Gasteiger charge is 2.04. The van der Waals surface area contributed by atoms with E-state index in [4.69, 9.17) is 16.6 Å². The summed E-state index contributed by atoms with van der Waals surface area (Å²) in [7, 11) is 0. The molecular weight excluding hydrogens is 174 g/mol. The number of hydrogen-bond acceptors (Lipinski definition) is 4. The van der Waals surface area contributed by atoms with E-state index < -0.39 is 18.0 Å². The van der Waals surface area contributed by atoms with Crippen LogP contribution in [0.25, 0.3) is 0 Å². The van der Waals surface area contributed by atoms with Gasteiger partial charge in [-0.25, -0.2) is 0 Å². The van der Waals surface area contributed by atoms with Crippen LogP contribution in [0.1, 0.15) is 19.3 Å². The van der Waals surface area contributed by atoms with E-state index in [2.05, 4.69) is 5.32 Å². The summed E-state index contributed by atoms with van der Waals surface area (Å²) in [5, 5.41) is 11.6. The number of hydrogen-bond donors (Lipinski definition) is 4. The molecule has 0 bridgehead atoms. The molecule has 6 heteroatoms. The Hall–Kier alpha value is -1.14. The number of primary amides is 2. The number of carbonyl (C=O) groups excluding carboxylic acids is 2. The first kappa shape index (κ1) is 11.9. The molecule has 6 nitrogen and oxygen atoms in total. The van der Waals surface area contributed by atoms with Crippen LogP contribution in [-0.4, -0.2) is 29.7 Å². The Balaban J connectivity index is 3.35. The normalized spacial score (nSPS) is 12.4. The lowest BCUT2D eigenvalue weighted by atomic mass is 10.2. The second-order valence-electron chi connectivity index (χ2n) is 2.72. The third-order valence-electron chi connectivity index (χ3n) is 1.41. The summed E-state index contributed by atoms with van der Waals surface area (Å²) in [6, 6.07) is 0. The number of carbonyl (C=O) groups is 2. The first-order valence-electron chi connectivity index (χ1n) is 4.00. The van der Waals surface area contributed by atoms with Crippen molar-refractivity contribution in [3.8, 4) is 0 Å². The Bertz CT molecular complexity index is 184. The number of nitrogens with two attached hydrogens (primary N) is 2. The van der Waals surface area contributed by atoms with Gasteiger partial charge in [0.25, 0.3) is 0 Å². The molecule has 0 aliphatic rings. The lowest BCUT2D eigenvalue weighted by Gasteiger charge is -2.09. The smallest absolute Gasteiger partial charge is 0.231 e. The van der Waals surface area contributed by atoms with E-state index in [1.807, 2.05) is 0 Å². The Morgan fingerprint density at radius 3 is 2.38 bits per heavy atom. The highest BCUT2D eigenvalue weighted by Crippen LogP contribution is 1.97. The fraction of sp³-hybridized carbons (Fsp3) is 0.714. The van der Waals surface area contributed by atoms with Crippen LogP contribution in [-0.2, 0) is 9.59 Å². The van der Waals surface area contributed by atoms with Crippen molar-refractivity contribution in [1.29, 1.82) is 0 Å². The summed E-state index contributed by atoms with van der Waals surface area (Å²) in [5.41, 5.74) is 9.72. The number of aliphatic hydroxyl groups excluding tert-OH is 1. The molecule has 0 radical (unpaired) electrons. The summed E-state index contributed by atoms with van der Waals surface area (Å²) in [6.07, 6.45) is 0.278. The minimum atomic E-state index is -0.813. The zero-order valence-electron chi connectivity index (χ0n) is 7.32. The minimum absolute atomic E-state index is 0.0717. The lowest BCUT2D eigenvalue weighted by molar-refractivity contribution is -0.119. The summed E-state index contributed by atoms with van der Waals surface area (Å²) in [6.45, 7) is -0.0717. The maximum Gasteiger partial charge on any atom is 0.231 e. The highest BCUT2D eigenvalue weighted by atomic mass is 16.3. The molecule has 0 spiro atoms. The van der Waals surface area contributed by atoms with Crippen LogP contribution in [0.15, 0.2) is 0 Å². The maximum atomic E-state index is 10.3. The Morgan fingerprint density at radius 1 is 1.31 bits per heavy atom. The van der Waals surface area contributed by atoms with Crippen LogP contribution >= 0.6 is 0 Å². The predicted octanol–water partition coefficient (Wildman–Crippen LogP) is -1.96. The quantitative estimate of drug-likeness (QED) is 0.347. The molecule has 0 aliphatic heterocycles. The van der Waals surface area contributed by atoms with Gasteiger partial charge in [-0.15, -0.1) is 0 Å². The van der Waals surface area contributed by atoms with Gasteiger partial charge in [0.05, 0.1) is 6.54 Å². The van der Waals surface area contributed by atoms with Crippen LogP contribution in [0.2, 0.25) is 0 Å². The average Bonchev–Trinajstić information content (AvgIpc) is 2.00. The van der Waals surface area contributed by atoms with Gasteiger partial charge in [-0.1, -0.05) is 0 Å². The predicted molar refractivity (Wildman–Crippen MR) is 46.2 cm³/mol. The molecule has 0 saturated carbocycles. The SMILES string of the molecule is NC(=O)CCCC(O)NCC(N)=O. The van der Waals surface area contributed by atoms with Crippen LogP contribution in [0, 0.1) is 0 Å². The van der Waals surface area contributed by atoms with E-state index in [1.54, 1.807) is 0 Å². The van der Waals surface area contributed by atoms with Crippen molar-refractivity contribution in [1.82, 2.24) is 5.32 Å². The van der Waals surface area contributed by atoms with Crippen molar-refractivity contribution in [3.05, 3.63) is 0 Å². The first-order chi connectivity index (χ1) is 6.02.